The molecule has 2 amide bonds. The molecule has 2 rings (SSSR count). The summed E-state index contributed by atoms with van der Waals surface area (Å²) in [6, 6.07) is 16.5. The summed E-state index contributed by atoms with van der Waals surface area (Å²) in [7, 11) is 1.53. The first-order chi connectivity index (χ1) is 10.6. The number of carbonyl (C=O) groups is 2. The average molecular weight is 294 g/mol. The Balaban J connectivity index is 2.24. The number of benzene rings is 2. The Labute approximate surface area is 129 Å². The lowest BCUT2D eigenvalue weighted by Crippen LogP contribution is -2.33. The Morgan fingerprint density at radius 3 is 2.18 bits per heavy atom. The summed E-state index contributed by atoms with van der Waals surface area (Å²) in [5.74, 6) is -0.657. The molecule has 0 fully saturated rings. The molecule has 0 bridgehead atoms. The molecule has 0 aliphatic heterocycles. The lowest BCUT2D eigenvalue weighted by Gasteiger charge is -2.09. The van der Waals surface area contributed by atoms with Gasteiger partial charge < -0.3 is 10.6 Å². The smallest absolute Gasteiger partial charge is 0.267 e. The first-order valence-electron chi connectivity index (χ1n) is 6.97. The molecular formula is C18H18N2O2. The van der Waals surface area contributed by atoms with Crippen molar-refractivity contribution in [1.29, 1.82) is 0 Å². The Morgan fingerprint density at radius 1 is 0.955 bits per heavy atom. The molecule has 2 N–H and O–H groups in total. The molecule has 0 saturated carbocycles. The van der Waals surface area contributed by atoms with Crippen LogP contribution in [0.4, 0.5) is 0 Å². The van der Waals surface area contributed by atoms with E-state index in [2.05, 4.69) is 10.6 Å². The van der Waals surface area contributed by atoms with E-state index in [1.54, 1.807) is 18.2 Å². The number of hydrogen-bond acceptors (Lipinski definition) is 2. The summed E-state index contributed by atoms with van der Waals surface area (Å²) in [5, 5.41) is 5.19. The number of amides is 2. The van der Waals surface area contributed by atoms with Gasteiger partial charge in [-0.25, -0.2) is 0 Å². The van der Waals surface area contributed by atoms with Crippen LogP contribution in [-0.4, -0.2) is 18.9 Å². The second kappa shape index (κ2) is 7.22. The maximum atomic E-state index is 12.2. The first kappa shape index (κ1) is 15.5. The Morgan fingerprint density at radius 2 is 1.59 bits per heavy atom. The van der Waals surface area contributed by atoms with E-state index in [4.69, 9.17) is 0 Å². The van der Waals surface area contributed by atoms with Gasteiger partial charge in [0.05, 0.1) is 0 Å². The number of rotatable bonds is 4. The highest BCUT2D eigenvalue weighted by molar-refractivity contribution is 6.05. The molecule has 0 aliphatic rings. The number of likely N-dealkylation sites (N-methyl/N-ethyl adjacent to an activating group) is 1. The van der Waals surface area contributed by atoms with Crippen LogP contribution in [0.5, 0.6) is 0 Å². The Hall–Kier alpha value is -2.88. The number of nitrogens with one attached hydrogen (secondary N) is 2. The van der Waals surface area contributed by atoms with E-state index in [9.17, 15) is 9.59 Å². The summed E-state index contributed by atoms with van der Waals surface area (Å²) in [6.07, 6.45) is 1.64. The third kappa shape index (κ3) is 4.06. The van der Waals surface area contributed by atoms with Gasteiger partial charge >= 0.3 is 0 Å². The fourth-order valence-electron chi connectivity index (χ4n) is 1.91. The van der Waals surface area contributed by atoms with Gasteiger partial charge in [0.1, 0.15) is 5.70 Å². The van der Waals surface area contributed by atoms with Crippen LogP contribution in [0.3, 0.4) is 0 Å². The minimum atomic E-state index is -0.343. The quantitative estimate of drug-likeness (QED) is 0.851. The zero-order chi connectivity index (χ0) is 15.9. The van der Waals surface area contributed by atoms with Gasteiger partial charge in [0.15, 0.2) is 0 Å². The Kier molecular flexibility index (Phi) is 5.09. The molecule has 2 aromatic carbocycles. The van der Waals surface area contributed by atoms with Gasteiger partial charge in [0.2, 0.25) is 0 Å². The third-order valence-corrected chi connectivity index (χ3v) is 3.14. The van der Waals surface area contributed by atoms with Crippen molar-refractivity contribution in [2.24, 2.45) is 0 Å². The predicted octanol–water partition coefficient (Wildman–Crippen LogP) is 2.51. The maximum Gasteiger partial charge on any atom is 0.267 e. The van der Waals surface area contributed by atoms with E-state index in [0.717, 1.165) is 11.1 Å². The second-order valence-corrected chi connectivity index (χ2v) is 4.87. The molecule has 0 spiro atoms. The van der Waals surface area contributed by atoms with Crippen LogP contribution >= 0.6 is 0 Å². The van der Waals surface area contributed by atoms with Gasteiger partial charge in [-0.1, -0.05) is 48.0 Å². The fourth-order valence-corrected chi connectivity index (χ4v) is 1.91. The highest BCUT2D eigenvalue weighted by Crippen LogP contribution is 2.07. The number of hydrogen-bond donors (Lipinski definition) is 2. The lowest BCUT2D eigenvalue weighted by molar-refractivity contribution is -0.117. The fraction of sp³-hybridized carbons (Fsp3) is 0.111. The maximum absolute atomic E-state index is 12.2. The molecule has 0 atom stereocenters. The van der Waals surface area contributed by atoms with E-state index in [1.165, 1.54) is 7.05 Å². The minimum Gasteiger partial charge on any atom is -0.354 e. The van der Waals surface area contributed by atoms with Crippen molar-refractivity contribution >= 4 is 17.9 Å². The van der Waals surface area contributed by atoms with E-state index in [0.29, 0.717) is 5.56 Å². The largest absolute Gasteiger partial charge is 0.354 e. The number of aryl methyl sites for hydroxylation is 1. The van der Waals surface area contributed by atoms with Gasteiger partial charge in [0, 0.05) is 12.6 Å². The third-order valence-electron chi connectivity index (χ3n) is 3.14. The van der Waals surface area contributed by atoms with Gasteiger partial charge in [-0.2, -0.15) is 0 Å². The first-order valence-corrected chi connectivity index (χ1v) is 6.97. The van der Waals surface area contributed by atoms with Crippen LogP contribution in [0.15, 0.2) is 60.3 Å². The van der Waals surface area contributed by atoms with Crippen molar-refractivity contribution in [2.75, 3.05) is 7.05 Å². The van der Waals surface area contributed by atoms with Gasteiger partial charge in [-0.15, -0.1) is 0 Å². The molecule has 22 heavy (non-hydrogen) atoms. The van der Waals surface area contributed by atoms with Crippen LogP contribution in [-0.2, 0) is 4.79 Å². The second-order valence-electron chi connectivity index (χ2n) is 4.87. The van der Waals surface area contributed by atoms with E-state index < -0.39 is 0 Å². The molecule has 0 unspecified atom stereocenters. The van der Waals surface area contributed by atoms with Crippen molar-refractivity contribution in [3.05, 3.63) is 77.0 Å². The number of carbonyl (C=O) groups excluding carboxylic acids is 2. The van der Waals surface area contributed by atoms with Gasteiger partial charge in [0.25, 0.3) is 11.8 Å². The zero-order valence-electron chi connectivity index (χ0n) is 12.6. The highest BCUT2D eigenvalue weighted by Gasteiger charge is 2.13. The molecule has 2 aromatic rings. The molecule has 0 radical (unpaired) electrons. The molecule has 4 heteroatoms. The van der Waals surface area contributed by atoms with E-state index in [1.807, 2.05) is 49.4 Å². The summed E-state index contributed by atoms with van der Waals surface area (Å²) >= 11 is 0. The summed E-state index contributed by atoms with van der Waals surface area (Å²) in [4.78, 5) is 24.2. The lowest BCUT2D eigenvalue weighted by atomic mass is 10.1. The summed E-state index contributed by atoms with van der Waals surface area (Å²) in [5.41, 5.74) is 2.63. The van der Waals surface area contributed by atoms with Crippen LogP contribution in [0, 0.1) is 6.92 Å². The SMILES string of the molecule is CNC(=O)C(=Cc1ccccc1)NC(=O)c1ccc(C)cc1. The Bertz CT molecular complexity index is 689. The monoisotopic (exact) mass is 294 g/mol. The molecule has 0 saturated heterocycles. The zero-order valence-corrected chi connectivity index (χ0v) is 12.6. The molecule has 0 aliphatic carbocycles. The molecule has 4 nitrogen and oxygen atoms in total. The van der Waals surface area contributed by atoms with E-state index in [-0.39, 0.29) is 17.5 Å². The minimum absolute atomic E-state index is 0.208. The van der Waals surface area contributed by atoms with Crippen molar-refractivity contribution < 1.29 is 9.59 Å². The van der Waals surface area contributed by atoms with E-state index >= 15 is 0 Å². The average Bonchev–Trinajstić information content (AvgIpc) is 2.55. The molecule has 0 aromatic heterocycles. The normalized spacial score (nSPS) is 10.9. The highest BCUT2D eigenvalue weighted by atomic mass is 16.2. The molecule has 112 valence electrons. The van der Waals surface area contributed by atoms with Crippen molar-refractivity contribution in [3.8, 4) is 0 Å². The molecular weight excluding hydrogens is 276 g/mol. The van der Waals surface area contributed by atoms with Gasteiger partial charge in [-0.05, 0) is 30.7 Å². The van der Waals surface area contributed by atoms with Crippen molar-refractivity contribution in [3.63, 3.8) is 0 Å². The predicted molar refractivity (Wildman–Crippen MR) is 87.1 cm³/mol. The van der Waals surface area contributed by atoms with Crippen LogP contribution < -0.4 is 10.6 Å². The van der Waals surface area contributed by atoms with Crippen molar-refractivity contribution in [1.82, 2.24) is 10.6 Å². The van der Waals surface area contributed by atoms with Gasteiger partial charge in [-0.3, -0.25) is 9.59 Å². The van der Waals surface area contributed by atoms with Crippen LogP contribution in [0.25, 0.3) is 6.08 Å². The van der Waals surface area contributed by atoms with Crippen molar-refractivity contribution in [2.45, 2.75) is 6.92 Å². The van der Waals surface area contributed by atoms with Crippen LogP contribution in [0.2, 0.25) is 0 Å². The topological polar surface area (TPSA) is 58.2 Å². The molecule has 0 heterocycles. The summed E-state index contributed by atoms with van der Waals surface area (Å²) in [6.45, 7) is 1.95. The standard InChI is InChI=1S/C18H18N2O2/c1-13-8-10-15(11-9-13)17(21)20-16(18(22)19-2)12-14-6-4-3-5-7-14/h3-12H,1-2H3,(H,19,22)(H,20,21). The van der Waals surface area contributed by atoms with Crippen LogP contribution in [0.1, 0.15) is 21.5 Å². The summed E-state index contributed by atoms with van der Waals surface area (Å²) < 4.78 is 0.